The van der Waals surface area contributed by atoms with Crippen molar-refractivity contribution in [2.24, 2.45) is 0 Å². The first-order valence-corrected chi connectivity index (χ1v) is 11.1. The first-order chi connectivity index (χ1) is 12.9. The fraction of sp³-hybridized carbons (Fsp3) is 0.158. The van der Waals surface area contributed by atoms with Crippen molar-refractivity contribution in [1.29, 1.82) is 0 Å². The fourth-order valence-corrected chi connectivity index (χ4v) is 4.88. The van der Waals surface area contributed by atoms with Crippen LogP contribution in [0.3, 0.4) is 0 Å². The number of methoxy groups -OCH3 is 1. The third-order valence-corrected chi connectivity index (χ3v) is 6.35. The summed E-state index contributed by atoms with van der Waals surface area (Å²) in [4.78, 5) is 15.0. The minimum absolute atomic E-state index is 0.129. The second-order valence-electron chi connectivity index (χ2n) is 5.46. The van der Waals surface area contributed by atoms with Crippen LogP contribution in [0.5, 0.6) is 11.5 Å². The first kappa shape index (κ1) is 20.6. The molecule has 3 rings (SSSR count). The summed E-state index contributed by atoms with van der Waals surface area (Å²) in [6.45, 7) is 2.48. The number of hydrogen-bond acceptors (Lipinski definition) is 5. The summed E-state index contributed by atoms with van der Waals surface area (Å²) in [5.41, 5.74) is 1.61. The van der Waals surface area contributed by atoms with Gasteiger partial charge in [0, 0.05) is 4.47 Å². The highest BCUT2D eigenvalue weighted by Gasteiger charge is 2.33. The summed E-state index contributed by atoms with van der Waals surface area (Å²) in [6, 6.07) is 11.3. The Morgan fingerprint density at radius 1 is 1.30 bits per heavy atom. The smallest absolute Gasteiger partial charge is 0.270 e. The minimum Gasteiger partial charge on any atom is -0.493 e. The fourth-order valence-electron chi connectivity index (χ4n) is 2.54. The van der Waals surface area contributed by atoms with Crippen LogP contribution in [-0.2, 0) is 4.79 Å². The van der Waals surface area contributed by atoms with Crippen molar-refractivity contribution in [2.75, 3.05) is 18.6 Å². The van der Waals surface area contributed by atoms with Crippen LogP contribution in [0.25, 0.3) is 6.08 Å². The lowest BCUT2D eigenvalue weighted by Gasteiger charge is -2.14. The van der Waals surface area contributed by atoms with E-state index in [0.717, 1.165) is 19.3 Å². The Kier molecular flexibility index (Phi) is 6.83. The molecule has 1 heterocycles. The van der Waals surface area contributed by atoms with Crippen LogP contribution in [0.4, 0.5) is 5.69 Å². The normalized spacial score (nSPS) is 15.6. The number of rotatable bonds is 5. The SMILES string of the molecule is CCOc1c(I)cc(/C=C2/SC(=S)N(c3ccc(Br)cc3)C2=O)cc1OC. The number of anilines is 1. The van der Waals surface area contributed by atoms with Gasteiger partial charge in [-0.3, -0.25) is 9.69 Å². The van der Waals surface area contributed by atoms with Crippen LogP contribution in [0.1, 0.15) is 12.5 Å². The lowest BCUT2D eigenvalue weighted by molar-refractivity contribution is -0.113. The largest absolute Gasteiger partial charge is 0.493 e. The monoisotopic (exact) mass is 575 g/mol. The molecule has 0 saturated carbocycles. The molecular weight excluding hydrogens is 561 g/mol. The Balaban J connectivity index is 1.94. The average molecular weight is 576 g/mol. The number of thioether (sulfide) groups is 1. The number of halogens is 2. The predicted molar refractivity (Wildman–Crippen MR) is 127 cm³/mol. The zero-order chi connectivity index (χ0) is 19.6. The number of ether oxygens (including phenoxy) is 2. The maximum Gasteiger partial charge on any atom is 0.270 e. The van der Waals surface area contributed by atoms with Gasteiger partial charge in [-0.05, 0) is 77.6 Å². The number of nitrogens with zero attached hydrogens (tertiary/aromatic N) is 1. The zero-order valence-electron chi connectivity index (χ0n) is 14.5. The molecule has 2 aromatic rings. The van der Waals surface area contributed by atoms with Crippen molar-refractivity contribution >= 4 is 84.5 Å². The van der Waals surface area contributed by atoms with Crippen LogP contribution in [0.2, 0.25) is 0 Å². The van der Waals surface area contributed by atoms with Crippen LogP contribution in [0.15, 0.2) is 45.8 Å². The average Bonchev–Trinajstić information content (AvgIpc) is 2.91. The zero-order valence-corrected chi connectivity index (χ0v) is 19.9. The highest BCUT2D eigenvalue weighted by molar-refractivity contribution is 14.1. The Labute approximate surface area is 189 Å². The summed E-state index contributed by atoms with van der Waals surface area (Å²) in [7, 11) is 1.60. The van der Waals surface area contributed by atoms with E-state index in [2.05, 4.69) is 38.5 Å². The van der Waals surface area contributed by atoms with Gasteiger partial charge in [0.15, 0.2) is 15.8 Å². The van der Waals surface area contributed by atoms with Gasteiger partial charge in [-0.15, -0.1) is 0 Å². The number of amides is 1. The molecule has 0 radical (unpaired) electrons. The molecule has 1 fully saturated rings. The van der Waals surface area contributed by atoms with Gasteiger partial charge in [0.25, 0.3) is 5.91 Å². The Hall–Kier alpha value is -1.10. The second-order valence-corrected chi connectivity index (χ2v) is 9.21. The van der Waals surface area contributed by atoms with E-state index in [-0.39, 0.29) is 5.91 Å². The van der Waals surface area contributed by atoms with Crippen molar-refractivity contribution in [2.45, 2.75) is 6.92 Å². The highest BCUT2D eigenvalue weighted by Crippen LogP contribution is 2.39. The molecular formula is C19H15BrINO3S2. The molecule has 0 aromatic heterocycles. The maximum absolute atomic E-state index is 12.9. The van der Waals surface area contributed by atoms with E-state index in [9.17, 15) is 4.79 Å². The van der Waals surface area contributed by atoms with Gasteiger partial charge in [-0.1, -0.05) is 39.9 Å². The Morgan fingerprint density at radius 2 is 2.00 bits per heavy atom. The number of thiocarbonyl (C=S) groups is 1. The van der Waals surface area contributed by atoms with Crippen molar-refractivity contribution < 1.29 is 14.3 Å². The van der Waals surface area contributed by atoms with Gasteiger partial charge in [0.05, 0.1) is 27.9 Å². The van der Waals surface area contributed by atoms with Gasteiger partial charge in [0.2, 0.25) is 0 Å². The van der Waals surface area contributed by atoms with Crippen LogP contribution < -0.4 is 14.4 Å². The standard InChI is InChI=1S/C19H15BrINO3S2/c1-3-25-17-14(21)8-11(9-15(17)24-2)10-16-18(23)22(19(26)27-16)13-6-4-12(20)5-7-13/h4-10H,3H2,1-2H3/b16-10+. The van der Waals surface area contributed by atoms with E-state index in [1.807, 2.05) is 49.4 Å². The molecule has 0 atom stereocenters. The summed E-state index contributed by atoms with van der Waals surface area (Å²) in [5.74, 6) is 1.22. The van der Waals surface area contributed by atoms with Gasteiger partial charge in [0.1, 0.15) is 0 Å². The van der Waals surface area contributed by atoms with E-state index in [1.54, 1.807) is 12.0 Å². The molecule has 0 spiro atoms. The quantitative estimate of drug-likeness (QED) is 0.253. The molecule has 1 saturated heterocycles. The van der Waals surface area contributed by atoms with Crippen LogP contribution in [-0.4, -0.2) is 23.9 Å². The van der Waals surface area contributed by atoms with Crippen molar-refractivity contribution in [3.05, 3.63) is 54.9 Å². The van der Waals surface area contributed by atoms with Gasteiger partial charge >= 0.3 is 0 Å². The molecule has 1 amide bonds. The van der Waals surface area contributed by atoms with Gasteiger partial charge in [-0.2, -0.15) is 0 Å². The number of hydrogen-bond donors (Lipinski definition) is 0. The van der Waals surface area contributed by atoms with E-state index >= 15 is 0 Å². The predicted octanol–water partition coefficient (Wildman–Crippen LogP) is 5.87. The second kappa shape index (κ2) is 8.93. The molecule has 0 N–H and O–H groups in total. The minimum atomic E-state index is -0.129. The molecule has 8 heteroatoms. The Bertz CT molecular complexity index is 931. The Morgan fingerprint density at radius 3 is 2.63 bits per heavy atom. The first-order valence-electron chi connectivity index (χ1n) is 7.98. The third-order valence-electron chi connectivity index (χ3n) is 3.72. The topological polar surface area (TPSA) is 38.8 Å². The van der Waals surface area contributed by atoms with Gasteiger partial charge in [-0.25, -0.2) is 0 Å². The number of benzene rings is 2. The molecule has 0 unspecified atom stereocenters. The summed E-state index contributed by atoms with van der Waals surface area (Å²) < 4.78 is 13.5. The van der Waals surface area contributed by atoms with Crippen LogP contribution in [0, 0.1) is 3.57 Å². The van der Waals surface area contributed by atoms with Crippen molar-refractivity contribution in [3.8, 4) is 11.5 Å². The maximum atomic E-state index is 12.9. The van der Waals surface area contributed by atoms with E-state index in [1.165, 1.54) is 11.8 Å². The van der Waals surface area contributed by atoms with E-state index < -0.39 is 0 Å². The van der Waals surface area contributed by atoms with E-state index in [4.69, 9.17) is 21.7 Å². The third kappa shape index (κ3) is 4.49. The number of carbonyl (C=O) groups is 1. The molecule has 4 nitrogen and oxygen atoms in total. The molecule has 0 aliphatic carbocycles. The summed E-state index contributed by atoms with van der Waals surface area (Å²) >= 11 is 12.3. The van der Waals surface area contributed by atoms with Crippen molar-refractivity contribution in [1.82, 2.24) is 0 Å². The molecule has 1 aliphatic heterocycles. The lowest BCUT2D eigenvalue weighted by atomic mass is 10.2. The molecule has 1 aliphatic rings. The molecule has 2 aromatic carbocycles. The molecule has 27 heavy (non-hydrogen) atoms. The highest BCUT2D eigenvalue weighted by atomic mass is 127. The van der Waals surface area contributed by atoms with Crippen LogP contribution >= 0.6 is 62.5 Å². The number of carbonyl (C=O) groups excluding carboxylic acids is 1. The summed E-state index contributed by atoms with van der Waals surface area (Å²) in [6.07, 6.45) is 1.83. The van der Waals surface area contributed by atoms with Gasteiger partial charge < -0.3 is 9.47 Å². The van der Waals surface area contributed by atoms with E-state index in [0.29, 0.717) is 27.3 Å². The lowest BCUT2D eigenvalue weighted by Crippen LogP contribution is -2.27. The van der Waals surface area contributed by atoms with Crippen molar-refractivity contribution in [3.63, 3.8) is 0 Å². The molecule has 140 valence electrons. The molecule has 0 bridgehead atoms. The summed E-state index contributed by atoms with van der Waals surface area (Å²) in [5, 5.41) is 0.